The Morgan fingerprint density at radius 2 is 1.26 bits per heavy atom. The molecule has 0 fully saturated rings. The van der Waals surface area contributed by atoms with Gasteiger partial charge in [-0.25, -0.2) is 0 Å². The average molecular weight is 364 g/mol. The van der Waals surface area contributed by atoms with Crippen LogP contribution < -0.4 is 9.47 Å². The molecule has 1 atom stereocenters. The number of aliphatic hydroxyl groups excluding tert-OH is 1. The van der Waals surface area contributed by atoms with Crippen molar-refractivity contribution in [1.29, 1.82) is 0 Å². The molecule has 1 unspecified atom stereocenters. The van der Waals surface area contributed by atoms with Crippen LogP contribution in [-0.2, 0) is 11.2 Å². The van der Waals surface area contributed by atoms with E-state index in [4.69, 9.17) is 14.2 Å². The molecular formula is C23H24O4. The van der Waals surface area contributed by atoms with Gasteiger partial charge in [0.1, 0.15) is 11.5 Å². The van der Waals surface area contributed by atoms with Crippen LogP contribution in [0.5, 0.6) is 11.5 Å². The van der Waals surface area contributed by atoms with Crippen LogP contribution in [0.3, 0.4) is 0 Å². The fraction of sp³-hybridized carbons (Fsp3) is 0.217. The van der Waals surface area contributed by atoms with Crippen LogP contribution in [0.25, 0.3) is 0 Å². The van der Waals surface area contributed by atoms with E-state index in [-0.39, 0.29) is 0 Å². The second kappa shape index (κ2) is 8.71. The van der Waals surface area contributed by atoms with E-state index in [2.05, 4.69) is 6.92 Å². The molecule has 3 rings (SSSR count). The van der Waals surface area contributed by atoms with E-state index in [1.54, 1.807) is 31.2 Å². The molecule has 0 aliphatic carbocycles. The maximum absolute atomic E-state index is 10.6. The molecule has 0 saturated heterocycles. The Hall–Kier alpha value is -2.82. The minimum Gasteiger partial charge on any atom is -0.430 e. The number of hydrogen-bond donors (Lipinski definition) is 1. The molecule has 0 heterocycles. The highest BCUT2D eigenvalue weighted by atomic mass is 16.9. The Morgan fingerprint density at radius 1 is 0.778 bits per heavy atom. The second-order valence-electron chi connectivity index (χ2n) is 6.26. The predicted molar refractivity (Wildman–Crippen MR) is 104 cm³/mol. The fourth-order valence-electron chi connectivity index (χ4n) is 2.66. The van der Waals surface area contributed by atoms with Crippen LogP contribution in [0.1, 0.15) is 31.3 Å². The van der Waals surface area contributed by atoms with Crippen LogP contribution in [0, 0.1) is 0 Å². The number of benzene rings is 3. The standard InChI is InChI=1S/C23H24O4/c1-3-18-14-16-19(17-15-18)22(24)27-23(2,25-20-10-6-4-7-11-20)26-21-12-8-5-9-13-21/h4-17,22,24H,3H2,1-2H3. The number of aliphatic hydroxyl groups is 1. The Bertz CT molecular complexity index is 775. The van der Waals surface area contributed by atoms with Gasteiger partial charge in [0, 0.05) is 12.5 Å². The fourth-order valence-corrected chi connectivity index (χ4v) is 2.66. The molecule has 140 valence electrons. The van der Waals surface area contributed by atoms with Crippen molar-refractivity contribution in [2.45, 2.75) is 32.5 Å². The highest BCUT2D eigenvalue weighted by Crippen LogP contribution is 2.28. The lowest BCUT2D eigenvalue weighted by molar-refractivity contribution is -0.345. The Kier molecular flexibility index (Phi) is 6.12. The maximum atomic E-state index is 10.6. The van der Waals surface area contributed by atoms with E-state index < -0.39 is 12.3 Å². The van der Waals surface area contributed by atoms with Crippen LogP contribution in [0.4, 0.5) is 0 Å². The van der Waals surface area contributed by atoms with Gasteiger partial charge in [0.2, 0.25) is 0 Å². The van der Waals surface area contributed by atoms with Crippen LogP contribution >= 0.6 is 0 Å². The zero-order valence-corrected chi connectivity index (χ0v) is 15.5. The van der Waals surface area contributed by atoms with E-state index in [9.17, 15) is 5.11 Å². The van der Waals surface area contributed by atoms with Gasteiger partial charge in [0.15, 0.2) is 6.29 Å². The lowest BCUT2D eigenvalue weighted by Gasteiger charge is -2.32. The van der Waals surface area contributed by atoms with E-state index in [1.165, 1.54) is 5.56 Å². The zero-order valence-electron chi connectivity index (χ0n) is 15.5. The van der Waals surface area contributed by atoms with Crippen molar-refractivity contribution in [3.05, 3.63) is 96.1 Å². The average Bonchev–Trinajstić information content (AvgIpc) is 2.69. The third-order valence-electron chi connectivity index (χ3n) is 4.09. The lowest BCUT2D eigenvalue weighted by Crippen LogP contribution is -2.43. The van der Waals surface area contributed by atoms with Crippen molar-refractivity contribution in [2.75, 3.05) is 0 Å². The minimum absolute atomic E-state index is 0.574. The van der Waals surface area contributed by atoms with Gasteiger partial charge in [0.05, 0.1) is 0 Å². The van der Waals surface area contributed by atoms with Gasteiger partial charge in [0.25, 0.3) is 0 Å². The molecular weight excluding hydrogens is 340 g/mol. The summed E-state index contributed by atoms with van der Waals surface area (Å²) in [6.07, 6.45) is -0.267. The van der Waals surface area contributed by atoms with Crippen molar-refractivity contribution < 1.29 is 19.3 Å². The second-order valence-corrected chi connectivity index (χ2v) is 6.26. The van der Waals surface area contributed by atoms with E-state index >= 15 is 0 Å². The molecule has 4 nitrogen and oxygen atoms in total. The van der Waals surface area contributed by atoms with E-state index in [0.29, 0.717) is 17.1 Å². The Morgan fingerprint density at radius 3 is 1.70 bits per heavy atom. The highest BCUT2D eigenvalue weighted by Gasteiger charge is 2.34. The van der Waals surface area contributed by atoms with Crippen molar-refractivity contribution >= 4 is 0 Å². The maximum Gasteiger partial charge on any atom is 0.371 e. The molecule has 0 saturated carbocycles. The topological polar surface area (TPSA) is 47.9 Å². The van der Waals surface area contributed by atoms with Gasteiger partial charge in [-0.1, -0.05) is 67.6 Å². The summed E-state index contributed by atoms with van der Waals surface area (Å²) in [5, 5.41) is 10.6. The number of ether oxygens (including phenoxy) is 3. The molecule has 0 aromatic heterocycles. The van der Waals surface area contributed by atoms with Gasteiger partial charge >= 0.3 is 5.97 Å². The summed E-state index contributed by atoms with van der Waals surface area (Å²) in [5.74, 6) is -0.375. The summed E-state index contributed by atoms with van der Waals surface area (Å²) in [4.78, 5) is 0. The highest BCUT2D eigenvalue weighted by molar-refractivity contribution is 5.25. The monoisotopic (exact) mass is 364 g/mol. The smallest absolute Gasteiger partial charge is 0.371 e. The largest absolute Gasteiger partial charge is 0.430 e. The number of rotatable bonds is 8. The Labute approximate surface area is 160 Å². The summed E-state index contributed by atoms with van der Waals surface area (Å²) >= 11 is 0. The molecule has 0 spiro atoms. The summed E-state index contributed by atoms with van der Waals surface area (Å²) < 4.78 is 17.7. The number of aryl methyl sites for hydroxylation is 1. The number of hydrogen-bond acceptors (Lipinski definition) is 4. The normalized spacial score (nSPS) is 12.4. The zero-order chi connectivity index (χ0) is 19.1. The molecule has 4 heteroatoms. The third kappa shape index (κ3) is 5.33. The van der Waals surface area contributed by atoms with Crippen LogP contribution in [0.15, 0.2) is 84.9 Å². The molecule has 0 radical (unpaired) electrons. The molecule has 27 heavy (non-hydrogen) atoms. The lowest BCUT2D eigenvalue weighted by atomic mass is 10.1. The first-order valence-corrected chi connectivity index (χ1v) is 9.01. The first-order chi connectivity index (χ1) is 13.1. The van der Waals surface area contributed by atoms with Crippen molar-refractivity contribution in [1.82, 2.24) is 0 Å². The van der Waals surface area contributed by atoms with Crippen LogP contribution in [-0.4, -0.2) is 11.1 Å². The summed E-state index contributed by atoms with van der Waals surface area (Å²) in [7, 11) is 0. The molecule has 1 N–H and O–H groups in total. The van der Waals surface area contributed by atoms with Crippen molar-refractivity contribution in [2.24, 2.45) is 0 Å². The molecule has 0 aliphatic rings. The molecule has 3 aromatic carbocycles. The van der Waals surface area contributed by atoms with E-state index in [1.807, 2.05) is 60.7 Å². The Balaban J connectivity index is 1.81. The first kappa shape index (κ1) is 19.0. The number of para-hydroxylation sites is 2. The molecule has 0 amide bonds. The molecule has 0 aliphatic heterocycles. The molecule has 3 aromatic rings. The van der Waals surface area contributed by atoms with Crippen molar-refractivity contribution in [3.8, 4) is 11.5 Å². The molecule has 0 bridgehead atoms. The summed E-state index contributed by atoms with van der Waals surface area (Å²) in [6.45, 7) is 3.72. The summed E-state index contributed by atoms with van der Waals surface area (Å²) in [6, 6.07) is 26.1. The van der Waals surface area contributed by atoms with Gasteiger partial charge in [-0.05, 0) is 36.2 Å². The third-order valence-corrected chi connectivity index (χ3v) is 4.09. The van der Waals surface area contributed by atoms with Crippen LogP contribution in [0.2, 0.25) is 0 Å². The predicted octanol–water partition coefficient (Wildman–Crippen LogP) is 5.09. The first-order valence-electron chi connectivity index (χ1n) is 9.01. The quantitative estimate of drug-likeness (QED) is 0.566. The summed E-state index contributed by atoms with van der Waals surface area (Å²) in [5.41, 5.74) is 1.82. The van der Waals surface area contributed by atoms with Crippen molar-refractivity contribution in [3.63, 3.8) is 0 Å². The minimum atomic E-state index is -1.52. The van der Waals surface area contributed by atoms with Gasteiger partial charge in [-0.3, -0.25) is 4.74 Å². The SMILES string of the molecule is CCc1ccc(C(O)OC(C)(Oc2ccccc2)Oc2ccccc2)cc1. The van der Waals surface area contributed by atoms with Gasteiger partial charge in [-0.2, -0.15) is 0 Å². The van der Waals surface area contributed by atoms with E-state index in [0.717, 1.165) is 6.42 Å². The van der Waals surface area contributed by atoms with Gasteiger partial charge < -0.3 is 14.6 Å². The van der Waals surface area contributed by atoms with Gasteiger partial charge in [-0.15, -0.1) is 0 Å².